The minimum atomic E-state index is -4.40. The summed E-state index contributed by atoms with van der Waals surface area (Å²) in [6.07, 6.45) is -2.40. The van der Waals surface area contributed by atoms with E-state index >= 15 is 0 Å². The second kappa shape index (κ2) is 4.64. The van der Waals surface area contributed by atoms with Crippen LogP contribution in [0.1, 0.15) is 25.3 Å². The highest BCUT2D eigenvalue weighted by Gasteiger charge is 2.34. The molecule has 1 fully saturated rings. The summed E-state index contributed by atoms with van der Waals surface area (Å²) in [5.41, 5.74) is 1.44. The number of alkyl halides is 3. The van der Waals surface area contributed by atoms with Crippen LogP contribution in [0.15, 0.2) is 12.1 Å². The lowest BCUT2D eigenvalue weighted by Gasteiger charge is -2.23. The van der Waals surface area contributed by atoms with Gasteiger partial charge >= 0.3 is 6.18 Å². The lowest BCUT2D eigenvalue weighted by Crippen LogP contribution is -2.27. The number of nitrogen functional groups attached to an aromatic ring is 1. The van der Waals surface area contributed by atoms with Crippen LogP contribution in [0.5, 0.6) is 0 Å². The van der Waals surface area contributed by atoms with E-state index in [1.165, 1.54) is 0 Å². The molecule has 18 heavy (non-hydrogen) atoms. The summed E-state index contributed by atoms with van der Waals surface area (Å²) in [7, 11) is 0. The molecule has 0 bridgehead atoms. The third-order valence-electron chi connectivity index (χ3n) is 2.91. The maximum absolute atomic E-state index is 12.8. The van der Waals surface area contributed by atoms with Crippen molar-refractivity contribution in [3.63, 3.8) is 0 Å². The number of nitrogens with zero attached hydrogens (tertiary/aromatic N) is 2. The standard InChI is InChI=1S/C11H15F3N4/c1-2-18(8-3-4-8)10-6-7(11(12,13)14)5-9(16-10)17-15/h5-6,8H,2-4,15H2,1H3,(H,16,17). The summed E-state index contributed by atoms with van der Waals surface area (Å²) in [6, 6.07) is 2.28. The van der Waals surface area contributed by atoms with E-state index in [2.05, 4.69) is 10.4 Å². The topological polar surface area (TPSA) is 54.2 Å². The molecule has 0 spiro atoms. The molecule has 0 unspecified atom stereocenters. The number of nitrogens with one attached hydrogen (secondary N) is 1. The fourth-order valence-electron chi connectivity index (χ4n) is 1.89. The van der Waals surface area contributed by atoms with Crippen LogP contribution >= 0.6 is 0 Å². The van der Waals surface area contributed by atoms with E-state index in [9.17, 15) is 13.2 Å². The quantitative estimate of drug-likeness (QED) is 0.644. The van der Waals surface area contributed by atoms with E-state index in [0.29, 0.717) is 18.4 Å². The number of halogens is 3. The van der Waals surface area contributed by atoms with Gasteiger partial charge in [-0.2, -0.15) is 13.2 Å². The average Bonchev–Trinajstić information content (AvgIpc) is 3.13. The van der Waals surface area contributed by atoms with Crippen molar-refractivity contribution in [2.75, 3.05) is 16.9 Å². The fourth-order valence-corrected chi connectivity index (χ4v) is 1.89. The molecular weight excluding hydrogens is 245 g/mol. The molecule has 1 aromatic rings. The van der Waals surface area contributed by atoms with Crippen LogP contribution in [-0.4, -0.2) is 17.6 Å². The monoisotopic (exact) mass is 260 g/mol. The smallest absolute Gasteiger partial charge is 0.354 e. The number of hydrazine groups is 1. The first kappa shape index (κ1) is 12.9. The van der Waals surface area contributed by atoms with Crippen molar-refractivity contribution >= 4 is 11.6 Å². The van der Waals surface area contributed by atoms with Crippen molar-refractivity contribution in [1.29, 1.82) is 0 Å². The molecule has 1 saturated carbocycles. The second-order valence-corrected chi connectivity index (χ2v) is 4.26. The Kier molecular flexibility index (Phi) is 3.34. The van der Waals surface area contributed by atoms with Crippen LogP contribution in [0.2, 0.25) is 0 Å². The third kappa shape index (κ3) is 2.66. The Labute approximate surface area is 103 Å². The molecule has 3 N–H and O–H groups in total. The van der Waals surface area contributed by atoms with Gasteiger partial charge in [0, 0.05) is 12.6 Å². The third-order valence-corrected chi connectivity index (χ3v) is 2.91. The molecule has 4 nitrogen and oxygen atoms in total. The Morgan fingerprint density at radius 2 is 2.11 bits per heavy atom. The molecule has 0 aliphatic heterocycles. The van der Waals surface area contributed by atoms with E-state index in [1.807, 2.05) is 11.8 Å². The minimum absolute atomic E-state index is 0.0268. The highest BCUT2D eigenvalue weighted by molar-refractivity contribution is 5.52. The summed E-state index contributed by atoms with van der Waals surface area (Å²) in [6.45, 7) is 2.53. The van der Waals surface area contributed by atoms with Gasteiger partial charge in [-0.15, -0.1) is 0 Å². The largest absolute Gasteiger partial charge is 0.416 e. The van der Waals surface area contributed by atoms with Crippen LogP contribution in [0.25, 0.3) is 0 Å². The van der Waals surface area contributed by atoms with Gasteiger partial charge in [0.2, 0.25) is 0 Å². The first-order valence-electron chi connectivity index (χ1n) is 5.78. The Bertz CT molecular complexity index is 429. The molecular formula is C11H15F3N4. The van der Waals surface area contributed by atoms with E-state index in [0.717, 1.165) is 25.0 Å². The fraction of sp³-hybridized carbons (Fsp3) is 0.545. The van der Waals surface area contributed by atoms with Crippen LogP contribution in [0, 0.1) is 0 Å². The first-order valence-corrected chi connectivity index (χ1v) is 5.78. The molecule has 1 aliphatic rings. The van der Waals surface area contributed by atoms with Crippen molar-refractivity contribution in [3.05, 3.63) is 17.7 Å². The molecule has 2 rings (SSSR count). The number of aromatic nitrogens is 1. The van der Waals surface area contributed by atoms with Crippen LogP contribution in [0.3, 0.4) is 0 Å². The zero-order chi connectivity index (χ0) is 13.3. The average molecular weight is 260 g/mol. The molecule has 0 radical (unpaired) electrons. The highest BCUT2D eigenvalue weighted by atomic mass is 19.4. The van der Waals surface area contributed by atoms with Crippen LogP contribution < -0.4 is 16.2 Å². The normalized spacial score (nSPS) is 15.6. The zero-order valence-corrected chi connectivity index (χ0v) is 9.96. The van der Waals surface area contributed by atoms with Gasteiger partial charge in [-0.25, -0.2) is 10.8 Å². The molecule has 100 valence electrons. The Morgan fingerprint density at radius 3 is 2.56 bits per heavy atom. The minimum Gasteiger partial charge on any atom is -0.354 e. The first-order chi connectivity index (χ1) is 8.45. The van der Waals surface area contributed by atoms with Gasteiger partial charge in [0.1, 0.15) is 11.6 Å². The zero-order valence-electron chi connectivity index (χ0n) is 9.96. The summed E-state index contributed by atoms with van der Waals surface area (Å²) in [5.74, 6) is 5.51. The molecule has 0 aromatic carbocycles. The molecule has 0 saturated heterocycles. The predicted octanol–water partition coefficient (Wildman–Crippen LogP) is 2.37. The molecule has 0 atom stereocenters. The number of hydrogen-bond acceptors (Lipinski definition) is 4. The molecule has 1 aliphatic carbocycles. The van der Waals surface area contributed by atoms with Crippen LogP contribution in [-0.2, 0) is 6.18 Å². The van der Waals surface area contributed by atoms with Gasteiger partial charge in [0.05, 0.1) is 5.56 Å². The predicted molar refractivity (Wildman–Crippen MR) is 63.1 cm³/mol. The maximum Gasteiger partial charge on any atom is 0.416 e. The van der Waals surface area contributed by atoms with E-state index < -0.39 is 11.7 Å². The van der Waals surface area contributed by atoms with E-state index in [-0.39, 0.29) is 5.82 Å². The number of anilines is 2. The van der Waals surface area contributed by atoms with Gasteiger partial charge in [-0.3, -0.25) is 0 Å². The number of hydrogen-bond donors (Lipinski definition) is 2. The number of nitrogens with two attached hydrogens (primary N) is 1. The molecule has 0 amide bonds. The summed E-state index contributed by atoms with van der Waals surface area (Å²) < 4.78 is 38.3. The van der Waals surface area contributed by atoms with Crippen molar-refractivity contribution in [1.82, 2.24) is 4.98 Å². The maximum atomic E-state index is 12.8. The van der Waals surface area contributed by atoms with E-state index in [4.69, 9.17) is 5.84 Å². The van der Waals surface area contributed by atoms with Gasteiger partial charge in [0.25, 0.3) is 0 Å². The van der Waals surface area contributed by atoms with Crippen molar-refractivity contribution in [3.8, 4) is 0 Å². The highest BCUT2D eigenvalue weighted by Crippen LogP contribution is 2.36. The number of pyridine rings is 1. The van der Waals surface area contributed by atoms with Gasteiger partial charge < -0.3 is 10.3 Å². The van der Waals surface area contributed by atoms with Crippen molar-refractivity contribution in [2.24, 2.45) is 5.84 Å². The van der Waals surface area contributed by atoms with Gasteiger partial charge in [-0.05, 0) is 31.9 Å². The summed E-state index contributed by atoms with van der Waals surface area (Å²) in [5, 5.41) is 0. The SMILES string of the molecule is CCN(c1cc(C(F)(F)F)cc(NN)n1)C1CC1. The summed E-state index contributed by atoms with van der Waals surface area (Å²) in [4.78, 5) is 5.96. The van der Waals surface area contributed by atoms with Crippen molar-refractivity contribution < 1.29 is 13.2 Å². The molecule has 1 aromatic heterocycles. The Hall–Kier alpha value is -1.50. The number of rotatable bonds is 4. The lowest BCUT2D eigenvalue weighted by molar-refractivity contribution is -0.137. The Morgan fingerprint density at radius 1 is 1.44 bits per heavy atom. The Balaban J connectivity index is 2.39. The van der Waals surface area contributed by atoms with Crippen molar-refractivity contribution in [2.45, 2.75) is 32.0 Å². The summed E-state index contributed by atoms with van der Waals surface area (Å²) >= 11 is 0. The second-order valence-electron chi connectivity index (χ2n) is 4.26. The molecule has 1 heterocycles. The van der Waals surface area contributed by atoms with E-state index in [1.54, 1.807) is 0 Å². The van der Waals surface area contributed by atoms with Gasteiger partial charge in [-0.1, -0.05) is 0 Å². The van der Waals surface area contributed by atoms with Crippen LogP contribution in [0.4, 0.5) is 24.8 Å². The van der Waals surface area contributed by atoms with Gasteiger partial charge in [0.15, 0.2) is 0 Å². The lowest BCUT2D eigenvalue weighted by atomic mass is 10.2. The molecule has 7 heteroatoms.